The van der Waals surface area contributed by atoms with Gasteiger partial charge in [-0.05, 0) is 31.0 Å². The lowest BCUT2D eigenvalue weighted by Gasteiger charge is -2.27. The summed E-state index contributed by atoms with van der Waals surface area (Å²) in [5.41, 5.74) is 12.8. The van der Waals surface area contributed by atoms with Crippen LogP contribution in [0.1, 0.15) is 25.8 Å². The van der Waals surface area contributed by atoms with Crippen LogP contribution in [0, 0.1) is 0 Å². The number of carbonyl (C=O) groups excluding carboxylic acids is 1. The summed E-state index contributed by atoms with van der Waals surface area (Å²) in [6.07, 6.45) is 0.988. The van der Waals surface area contributed by atoms with E-state index in [1.165, 1.54) is 0 Å². The standard InChI is InChI=1S/C13H21N3O/c1-3-10(2)16(9-13(15)17)8-11-4-6-12(14)7-5-11/h4-7,10H,3,8-9,14H2,1-2H3,(H2,15,17). The number of nitrogens with zero attached hydrogens (tertiary/aromatic N) is 1. The van der Waals surface area contributed by atoms with Crippen LogP contribution >= 0.6 is 0 Å². The van der Waals surface area contributed by atoms with Gasteiger partial charge in [-0.1, -0.05) is 19.1 Å². The summed E-state index contributed by atoms with van der Waals surface area (Å²) in [5.74, 6) is -0.291. The van der Waals surface area contributed by atoms with Crippen LogP contribution in [0.15, 0.2) is 24.3 Å². The van der Waals surface area contributed by atoms with Crippen LogP contribution in [0.5, 0.6) is 0 Å². The van der Waals surface area contributed by atoms with Crippen molar-refractivity contribution in [2.24, 2.45) is 5.73 Å². The largest absolute Gasteiger partial charge is 0.399 e. The molecule has 1 aromatic carbocycles. The third-order valence-electron chi connectivity index (χ3n) is 2.94. The quantitative estimate of drug-likeness (QED) is 0.731. The summed E-state index contributed by atoms with van der Waals surface area (Å²) >= 11 is 0. The fourth-order valence-electron chi connectivity index (χ4n) is 1.68. The fourth-order valence-corrected chi connectivity index (χ4v) is 1.68. The van der Waals surface area contributed by atoms with Gasteiger partial charge < -0.3 is 11.5 Å². The Morgan fingerprint density at radius 2 is 1.94 bits per heavy atom. The van der Waals surface area contributed by atoms with E-state index in [0.717, 1.165) is 24.2 Å². The molecule has 4 heteroatoms. The molecule has 0 heterocycles. The maximum atomic E-state index is 11.0. The average Bonchev–Trinajstić information content (AvgIpc) is 2.29. The second kappa shape index (κ2) is 6.25. The van der Waals surface area contributed by atoms with Gasteiger partial charge in [0.25, 0.3) is 0 Å². The van der Waals surface area contributed by atoms with Gasteiger partial charge in [-0.2, -0.15) is 0 Å². The third-order valence-corrected chi connectivity index (χ3v) is 2.94. The first kappa shape index (κ1) is 13.5. The van der Waals surface area contributed by atoms with Crippen LogP contribution in [-0.4, -0.2) is 23.4 Å². The van der Waals surface area contributed by atoms with Gasteiger partial charge in [-0.25, -0.2) is 0 Å². The van der Waals surface area contributed by atoms with Gasteiger partial charge in [0.15, 0.2) is 0 Å². The summed E-state index contributed by atoms with van der Waals surface area (Å²) in [6, 6.07) is 8.03. The molecule has 0 aliphatic heterocycles. The molecule has 94 valence electrons. The van der Waals surface area contributed by atoms with Crippen LogP contribution in [0.2, 0.25) is 0 Å². The second-order valence-corrected chi connectivity index (χ2v) is 4.37. The van der Waals surface area contributed by atoms with Crippen LogP contribution < -0.4 is 11.5 Å². The number of rotatable bonds is 6. The number of anilines is 1. The van der Waals surface area contributed by atoms with E-state index in [1.807, 2.05) is 24.3 Å². The van der Waals surface area contributed by atoms with Gasteiger partial charge in [0.1, 0.15) is 0 Å². The van der Waals surface area contributed by atoms with E-state index >= 15 is 0 Å². The molecule has 4 nitrogen and oxygen atoms in total. The molecule has 0 aromatic heterocycles. The summed E-state index contributed by atoms with van der Waals surface area (Å²) in [7, 11) is 0. The summed E-state index contributed by atoms with van der Waals surface area (Å²) in [4.78, 5) is 13.1. The Labute approximate surface area is 103 Å². The van der Waals surface area contributed by atoms with Crippen molar-refractivity contribution in [3.63, 3.8) is 0 Å². The monoisotopic (exact) mass is 235 g/mol. The van der Waals surface area contributed by atoms with E-state index in [4.69, 9.17) is 11.5 Å². The topological polar surface area (TPSA) is 72.3 Å². The molecule has 1 atom stereocenters. The first-order valence-electron chi connectivity index (χ1n) is 5.89. The highest BCUT2D eigenvalue weighted by Gasteiger charge is 2.14. The van der Waals surface area contributed by atoms with Crippen molar-refractivity contribution in [1.82, 2.24) is 4.90 Å². The second-order valence-electron chi connectivity index (χ2n) is 4.37. The van der Waals surface area contributed by atoms with Crippen LogP contribution in [0.3, 0.4) is 0 Å². The summed E-state index contributed by atoms with van der Waals surface area (Å²) < 4.78 is 0. The van der Waals surface area contributed by atoms with E-state index in [0.29, 0.717) is 12.6 Å². The Morgan fingerprint density at radius 3 is 2.41 bits per heavy atom. The number of nitrogens with two attached hydrogens (primary N) is 2. The van der Waals surface area contributed by atoms with E-state index < -0.39 is 0 Å². The molecule has 0 fully saturated rings. The molecule has 0 saturated heterocycles. The van der Waals surface area contributed by atoms with Crippen molar-refractivity contribution in [1.29, 1.82) is 0 Å². The highest BCUT2D eigenvalue weighted by molar-refractivity contribution is 5.75. The van der Waals surface area contributed by atoms with Gasteiger partial charge in [0.2, 0.25) is 5.91 Å². The molecule has 0 bridgehead atoms. The maximum Gasteiger partial charge on any atom is 0.231 e. The maximum absolute atomic E-state index is 11.0. The predicted molar refractivity (Wildman–Crippen MR) is 70.2 cm³/mol. The summed E-state index contributed by atoms with van der Waals surface area (Å²) in [6.45, 7) is 5.21. The van der Waals surface area contributed by atoms with Gasteiger partial charge >= 0.3 is 0 Å². The van der Waals surface area contributed by atoms with Crippen molar-refractivity contribution >= 4 is 11.6 Å². The SMILES string of the molecule is CCC(C)N(CC(N)=O)Cc1ccc(N)cc1. The molecule has 1 aromatic rings. The van der Waals surface area contributed by atoms with Crippen molar-refractivity contribution in [3.8, 4) is 0 Å². The number of benzene rings is 1. The Bertz CT molecular complexity index is 361. The Kier molecular flexibility index (Phi) is 4.97. The molecular formula is C13H21N3O. The number of carbonyl (C=O) groups is 1. The molecule has 1 unspecified atom stereocenters. The third kappa shape index (κ3) is 4.44. The number of hydrogen-bond acceptors (Lipinski definition) is 3. The van der Waals surface area contributed by atoms with Crippen LogP contribution in [0.25, 0.3) is 0 Å². The smallest absolute Gasteiger partial charge is 0.231 e. The number of primary amides is 1. The van der Waals surface area contributed by atoms with Crippen LogP contribution in [-0.2, 0) is 11.3 Å². The zero-order valence-corrected chi connectivity index (χ0v) is 10.5. The van der Waals surface area contributed by atoms with Crippen molar-refractivity contribution in [3.05, 3.63) is 29.8 Å². The highest BCUT2D eigenvalue weighted by atomic mass is 16.1. The Balaban J connectivity index is 2.71. The first-order chi connectivity index (χ1) is 8.02. The molecule has 17 heavy (non-hydrogen) atoms. The number of hydrogen-bond donors (Lipinski definition) is 2. The molecule has 0 aliphatic carbocycles. The zero-order valence-electron chi connectivity index (χ0n) is 10.5. The van der Waals surface area contributed by atoms with Crippen molar-refractivity contribution < 1.29 is 4.79 Å². The molecular weight excluding hydrogens is 214 g/mol. The predicted octanol–water partition coefficient (Wildman–Crippen LogP) is 1.35. The van der Waals surface area contributed by atoms with Gasteiger partial charge in [0.05, 0.1) is 6.54 Å². The number of amides is 1. The van der Waals surface area contributed by atoms with Crippen molar-refractivity contribution in [2.75, 3.05) is 12.3 Å². The van der Waals surface area contributed by atoms with E-state index in [9.17, 15) is 4.79 Å². The molecule has 0 aliphatic rings. The minimum atomic E-state index is -0.291. The zero-order chi connectivity index (χ0) is 12.8. The van der Waals surface area contributed by atoms with E-state index in [1.54, 1.807) is 0 Å². The van der Waals surface area contributed by atoms with E-state index in [2.05, 4.69) is 18.7 Å². The average molecular weight is 235 g/mol. The molecule has 0 radical (unpaired) electrons. The minimum Gasteiger partial charge on any atom is -0.399 e. The van der Waals surface area contributed by atoms with Gasteiger partial charge in [-0.15, -0.1) is 0 Å². The molecule has 1 amide bonds. The normalized spacial score (nSPS) is 12.6. The summed E-state index contributed by atoms with van der Waals surface area (Å²) in [5, 5.41) is 0. The Hall–Kier alpha value is -1.55. The molecule has 0 spiro atoms. The van der Waals surface area contributed by atoms with E-state index in [-0.39, 0.29) is 5.91 Å². The number of nitrogen functional groups attached to an aromatic ring is 1. The van der Waals surface area contributed by atoms with Crippen LogP contribution in [0.4, 0.5) is 5.69 Å². The lowest BCUT2D eigenvalue weighted by atomic mass is 10.1. The molecule has 0 saturated carbocycles. The fraction of sp³-hybridized carbons (Fsp3) is 0.462. The van der Waals surface area contributed by atoms with Gasteiger partial charge in [0, 0.05) is 18.3 Å². The molecule has 1 rings (SSSR count). The highest BCUT2D eigenvalue weighted by Crippen LogP contribution is 2.12. The lowest BCUT2D eigenvalue weighted by molar-refractivity contribution is -0.119. The molecule has 4 N–H and O–H groups in total. The van der Waals surface area contributed by atoms with Crippen molar-refractivity contribution in [2.45, 2.75) is 32.9 Å². The Morgan fingerprint density at radius 1 is 1.35 bits per heavy atom. The minimum absolute atomic E-state index is 0.291. The first-order valence-corrected chi connectivity index (χ1v) is 5.89. The lowest BCUT2D eigenvalue weighted by Crippen LogP contribution is -2.39. The van der Waals surface area contributed by atoms with Gasteiger partial charge in [-0.3, -0.25) is 9.69 Å².